The van der Waals surface area contributed by atoms with Gasteiger partial charge in [-0.25, -0.2) is 5.43 Å². The number of hydrogen-bond acceptors (Lipinski definition) is 6. The highest BCUT2D eigenvalue weighted by atomic mass is 32.2. The van der Waals surface area contributed by atoms with Gasteiger partial charge in [-0.2, -0.15) is 8.42 Å². The van der Waals surface area contributed by atoms with E-state index < -0.39 is 26.7 Å². The lowest BCUT2D eigenvalue weighted by atomic mass is 10.1. The highest BCUT2D eigenvalue weighted by Crippen LogP contribution is 2.27. The Balaban J connectivity index is 2.04. The topological polar surface area (TPSA) is 128 Å². The maximum Gasteiger partial charge on any atom is 0.298 e. The molecule has 0 heterocycles. The molecular formula is C16H15N3O5S. The van der Waals surface area contributed by atoms with E-state index in [1.807, 2.05) is 30.3 Å². The lowest BCUT2D eigenvalue weighted by Gasteiger charge is -2.02. The molecule has 9 heteroatoms. The molecule has 2 rings (SSSR count). The van der Waals surface area contributed by atoms with Crippen LogP contribution in [0.4, 0.5) is 5.69 Å². The highest BCUT2D eigenvalue weighted by Gasteiger charge is 2.15. The SMILES string of the molecule is CC(=Cc1ccccc1)C(=O)NN=Nc1ccc(S(=O)(=O)O)c(O)c1. The van der Waals surface area contributed by atoms with Gasteiger partial charge in [0.1, 0.15) is 10.6 Å². The van der Waals surface area contributed by atoms with E-state index in [1.54, 1.807) is 13.0 Å². The van der Waals surface area contributed by atoms with Gasteiger partial charge < -0.3 is 5.11 Å². The van der Waals surface area contributed by atoms with Gasteiger partial charge in [-0.15, -0.1) is 5.11 Å². The fourth-order valence-electron chi connectivity index (χ4n) is 1.87. The molecule has 0 bridgehead atoms. The normalized spacial score (nSPS) is 12.3. The van der Waals surface area contributed by atoms with E-state index in [0.29, 0.717) is 5.57 Å². The Morgan fingerprint density at radius 1 is 1.16 bits per heavy atom. The average Bonchev–Trinajstić information content (AvgIpc) is 2.54. The van der Waals surface area contributed by atoms with Crippen molar-refractivity contribution >= 4 is 27.8 Å². The molecule has 0 aliphatic heterocycles. The van der Waals surface area contributed by atoms with Crippen LogP contribution in [-0.4, -0.2) is 24.0 Å². The first kappa shape index (κ1) is 18.3. The first-order chi connectivity index (χ1) is 11.8. The summed E-state index contributed by atoms with van der Waals surface area (Å²) in [6.45, 7) is 1.62. The summed E-state index contributed by atoms with van der Waals surface area (Å²) in [7, 11) is -4.52. The van der Waals surface area contributed by atoms with Gasteiger partial charge in [0.05, 0.1) is 5.69 Å². The van der Waals surface area contributed by atoms with Gasteiger partial charge in [-0.3, -0.25) is 9.35 Å². The van der Waals surface area contributed by atoms with Crippen LogP contribution in [0.25, 0.3) is 6.08 Å². The van der Waals surface area contributed by atoms with E-state index in [1.165, 1.54) is 6.07 Å². The molecule has 0 unspecified atom stereocenters. The molecular weight excluding hydrogens is 346 g/mol. The summed E-state index contributed by atoms with van der Waals surface area (Å²) in [5.74, 6) is -1.14. The number of hydrogen-bond donors (Lipinski definition) is 3. The number of nitrogens with zero attached hydrogens (tertiary/aromatic N) is 2. The summed E-state index contributed by atoms with van der Waals surface area (Å²) >= 11 is 0. The summed E-state index contributed by atoms with van der Waals surface area (Å²) in [6.07, 6.45) is 1.68. The minimum absolute atomic E-state index is 0.0925. The van der Waals surface area contributed by atoms with E-state index in [0.717, 1.165) is 17.7 Å². The molecule has 0 aromatic heterocycles. The van der Waals surface area contributed by atoms with E-state index in [4.69, 9.17) is 4.55 Å². The van der Waals surface area contributed by atoms with Gasteiger partial charge in [0.2, 0.25) is 0 Å². The van der Waals surface area contributed by atoms with E-state index in [9.17, 15) is 18.3 Å². The van der Waals surface area contributed by atoms with Crippen molar-refractivity contribution in [2.75, 3.05) is 0 Å². The van der Waals surface area contributed by atoms with Crippen molar-refractivity contribution in [3.63, 3.8) is 0 Å². The van der Waals surface area contributed by atoms with Crippen molar-refractivity contribution in [1.29, 1.82) is 0 Å². The summed E-state index contributed by atoms with van der Waals surface area (Å²) in [5.41, 5.74) is 3.58. The number of carbonyl (C=O) groups is 1. The third-order valence-electron chi connectivity index (χ3n) is 3.08. The molecule has 0 saturated carbocycles. The van der Waals surface area contributed by atoms with E-state index in [2.05, 4.69) is 15.8 Å². The molecule has 2 aromatic rings. The second-order valence-corrected chi connectivity index (χ2v) is 6.40. The van der Waals surface area contributed by atoms with Crippen molar-refractivity contribution in [2.45, 2.75) is 11.8 Å². The van der Waals surface area contributed by atoms with Crippen molar-refractivity contribution in [3.8, 4) is 5.75 Å². The van der Waals surface area contributed by atoms with Crippen LogP contribution in [0.1, 0.15) is 12.5 Å². The molecule has 0 aliphatic carbocycles. The fraction of sp³-hybridized carbons (Fsp3) is 0.0625. The smallest absolute Gasteiger partial charge is 0.298 e. The maximum atomic E-state index is 11.9. The van der Waals surface area contributed by atoms with Gasteiger partial charge in [-0.1, -0.05) is 35.6 Å². The van der Waals surface area contributed by atoms with Crippen LogP contribution < -0.4 is 5.43 Å². The fourth-order valence-corrected chi connectivity index (χ4v) is 2.43. The largest absolute Gasteiger partial charge is 0.506 e. The Morgan fingerprint density at radius 3 is 2.44 bits per heavy atom. The van der Waals surface area contributed by atoms with Gasteiger partial charge in [-0.05, 0) is 30.7 Å². The van der Waals surface area contributed by atoms with Crippen molar-refractivity contribution in [2.24, 2.45) is 10.3 Å². The summed E-state index contributed by atoms with van der Waals surface area (Å²) in [5, 5.41) is 16.7. The highest BCUT2D eigenvalue weighted by molar-refractivity contribution is 7.86. The summed E-state index contributed by atoms with van der Waals surface area (Å²) < 4.78 is 30.8. The second-order valence-electron chi connectivity index (χ2n) is 5.01. The molecule has 0 fully saturated rings. The predicted molar refractivity (Wildman–Crippen MR) is 90.7 cm³/mol. The van der Waals surface area contributed by atoms with Crippen LogP contribution in [0.2, 0.25) is 0 Å². The third-order valence-corrected chi connectivity index (χ3v) is 3.98. The molecule has 0 atom stereocenters. The zero-order valence-corrected chi connectivity index (χ0v) is 13.9. The number of carbonyl (C=O) groups excluding carboxylic acids is 1. The van der Waals surface area contributed by atoms with Crippen LogP contribution in [-0.2, 0) is 14.9 Å². The number of amides is 1. The standard InChI is InChI=1S/C16H15N3O5S/c1-11(9-12-5-3-2-4-6-12)16(21)18-19-17-13-7-8-15(14(20)10-13)25(22,23)24/h2-10,20H,1H3,(H,17,18,21)(H,22,23,24). The first-order valence-corrected chi connectivity index (χ1v) is 8.46. The van der Waals surface area contributed by atoms with Crippen molar-refractivity contribution < 1.29 is 22.9 Å². The Kier molecular flexibility index (Phi) is 5.63. The number of phenols is 1. The zero-order chi connectivity index (χ0) is 18.4. The number of aromatic hydroxyl groups is 1. The van der Waals surface area contributed by atoms with Crippen LogP contribution in [0, 0.1) is 0 Å². The maximum absolute atomic E-state index is 11.9. The minimum Gasteiger partial charge on any atom is -0.506 e. The second kappa shape index (κ2) is 7.69. The van der Waals surface area contributed by atoms with Crippen molar-refractivity contribution in [1.82, 2.24) is 5.43 Å². The van der Waals surface area contributed by atoms with E-state index in [-0.39, 0.29) is 5.69 Å². The molecule has 1 amide bonds. The lowest BCUT2D eigenvalue weighted by Crippen LogP contribution is -2.17. The minimum atomic E-state index is -4.52. The van der Waals surface area contributed by atoms with Gasteiger partial charge in [0, 0.05) is 11.6 Å². The van der Waals surface area contributed by atoms with Crippen molar-refractivity contribution in [3.05, 3.63) is 59.7 Å². The zero-order valence-electron chi connectivity index (χ0n) is 13.1. The van der Waals surface area contributed by atoms with Gasteiger partial charge in [0.25, 0.3) is 16.0 Å². The molecule has 3 N–H and O–H groups in total. The molecule has 0 spiro atoms. The molecule has 8 nitrogen and oxygen atoms in total. The average molecular weight is 361 g/mol. The quantitative estimate of drug-likeness (QED) is 0.326. The van der Waals surface area contributed by atoms with Crippen LogP contribution in [0.5, 0.6) is 5.75 Å². The van der Waals surface area contributed by atoms with Gasteiger partial charge in [0.15, 0.2) is 0 Å². The molecule has 130 valence electrons. The lowest BCUT2D eigenvalue weighted by molar-refractivity contribution is -0.117. The molecule has 2 aromatic carbocycles. The number of rotatable bonds is 5. The number of phenolic OH excluding ortho intramolecular Hbond substituents is 1. The number of nitrogens with one attached hydrogen (secondary N) is 1. The molecule has 0 radical (unpaired) electrons. The third kappa shape index (κ3) is 5.23. The predicted octanol–water partition coefficient (Wildman–Crippen LogP) is 2.86. The van der Waals surface area contributed by atoms with Crippen LogP contribution in [0.15, 0.2) is 69.3 Å². The first-order valence-electron chi connectivity index (χ1n) is 7.02. The summed E-state index contributed by atoms with van der Waals surface area (Å²) in [6, 6.07) is 12.4. The molecule has 0 aliphatic rings. The Bertz CT molecular complexity index is 937. The number of benzene rings is 2. The Morgan fingerprint density at radius 2 is 1.84 bits per heavy atom. The van der Waals surface area contributed by atoms with Crippen LogP contribution in [0.3, 0.4) is 0 Å². The Labute approximate surface area is 144 Å². The van der Waals surface area contributed by atoms with E-state index >= 15 is 0 Å². The molecule has 25 heavy (non-hydrogen) atoms. The Hall–Kier alpha value is -3.04. The van der Waals surface area contributed by atoms with Gasteiger partial charge >= 0.3 is 0 Å². The summed E-state index contributed by atoms with van der Waals surface area (Å²) in [4.78, 5) is 11.3. The molecule has 0 saturated heterocycles. The van der Waals surface area contributed by atoms with Crippen LogP contribution >= 0.6 is 0 Å². The monoisotopic (exact) mass is 361 g/mol.